The van der Waals surface area contributed by atoms with Crippen LogP contribution >= 0.6 is 0 Å². The topological polar surface area (TPSA) is 27.7 Å². The third kappa shape index (κ3) is 4.70. The minimum absolute atomic E-state index is 0.313. The monoisotopic (exact) mass is 291 g/mol. The molecule has 1 unspecified atom stereocenters. The van der Waals surface area contributed by atoms with Gasteiger partial charge in [-0.25, -0.2) is 0 Å². The molecule has 0 spiro atoms. The van der Waals surface area contributed by atoms with Crippen molar-refractivity contribution >= 4 is 0 Å². The van der Waals surface area contributed by atoms with E-state index in [4.69, 9.17) is 4.74 Å². The Kier molecular flexibility index (Phi) is 6.03. The van der Waals surface area contributed by atoms with Gasteiger partial charge in [0, 0.05) is 50.9 Å². The zero-order chi connectivity index (χ0) is 15.2. The normalized spacial score (nSPS) is 18.7. The highest BCUT2D eigenvalue weighted by Gasteiger charge is 2.14. The summed E-state index contributed by atoms with van der Waals surface area (Å²) >= 11 is 0. The molecule has 0 bridgehead atoms. The van der Waals surface area contributed by atoms with E-state index >= 15 is 0 Å². The first-order valence-electron chi connectivity index (χ1n) is 7.89. The lowest BCUT2D eigenvalue weighted by Crippen LogP contribution is -2.46. The molecule has 0 aromatic heterocycles. The number of hydrogen-bond acceptors (Lipinski definition) is 4. The van der Waals surface area contributed by atoms with Gasteiger partial charge in [-0.3, -0.25) is 4.90 Å². The van der Waals surface area contributed by atoms with E-state index < -0.39 is 0 Å². The number of methoxy groups -OCH3 is 1. The van der Waals surface area contributed by atoms with Crippen LogP contribution in [0.2, 0.25) is 0 Å². The van der Waals surface area contributed by atoms with E-state index in [0.29, 0.717) is 6.04 Å². The Balaban J connectivity index is 1.80. The Bertz CT molecular complexity index is 442. The maximum Gasteiger partial charge on any atom is 0.123 e. The quantitative estimate of drug-likeness (QED) is 0.866. The van der Waals surface area contributed by atoms with Crippen LogP contribution in [-0.4, -0.2) is 63.2 Å². The number of hydrogen-bond donors (Lipinski definition) is 1. The van der Waals surface area contributed by atoms with Crippen LogP contribution in [0.5, 0.6) is 5.75 Å². The van der Waals surface area contributed by atoms with Crippen molar-refractivity contribution in [1.82, 2.24) is 15.1 Å². The van der Waals surface area contributed by atoms with Crippen molar-refractivity contribution in [1.29, 1.82) is 0 Å². The molecule has 0 aliphatic carbocycles. The van der Waals surface area contributed by atoms with Crippen molar-refractivity contribution in [3.63, 3.8) is 0 Å². The van der Waals surface area contributed by atoms with Gasteiger partial charge in [0.15, 0.2) is 0 Å². The van der Waals surface area contributed by atoms with Crippen LogP contribution in [-0.2, 0) is 0 Å². The van der Waals surface area contributed by atoms with E-state index in [0.717, 1.165) is 18.8 Å². The summed E-state index contributed by atoms with van der Waals surface area (Å²) in [5, 5.41) is 3.62. The van der Waals surface area contributed by atoms with E-state index in [2.05, 4.69) is 54.2 Å². The van der Waals surface area contributed by atoms with Crippen LogP contribution < -0.4 is 10.1 Å². The van der Waals surface area contributed by atoms with Crippen molar-refractivity contribution in [3.8, 4) is 5.75 Å². The summed E-state index contributed by atoms with van der Waals surface area (Å²) in [5.74, 6) is 0.981. The number of likely N-dealkylation sites (N-methyl/N-ethyl adjacent to an activating group) is 1. The molecule has 1 aliphatic rings. The van der Waals surface area contributed by atoms with Crippen LogP contribution in [0, 0.1) is 6.92 Å². The molecule has 1 N–H and O–H groups in total. The average molecular weight is 291 g/mol. The van der Waals surface area contributed by atoms with E-state index in [1.54, 1.807) is 7.11 Å². The van der Waals surface area contributed by atoms with Gasteiger partial charge in [0.1, 0.15) is 5.75 Å². The van der Waals surface area contributed by atoms with Crippen LogP contribution in [0.1, 0.15) is 24.1 Å². The van der Waals surface area contributed by atoms with Crippen molar-refractivity contribution in [2.45, 2.75) is 19.9 Å². The van der Waals surface area contributed by atoms with Gasteiger partial charge < -0.3 is 15.0 Å². The smallest absolute Gasteiger partial charge is 0.123 e. The lowest BCUT2D eigenvalue weighted by atomic mass is 10.0. The van der Waals surface area contributed by atoms with E-state index in [-0.39, 0.29) is 0 Å². The summed E-state index contributed by atoms with van der Waals surface area (Å²) in [6.07, 6.45) is 0. The molecule has 1 aromatic rings. The molecule has 0 amide bonds. The maximum absolute atomic E-state index is 5.50. The number of aryl methyl sites for hydroxylation is 1. The first-order valence-corrected chi connectivity index (χ1v) is 7.89. The molecule has 0 saturated carbocycles. The second-order valence-electron chi connectivity index (χ2n) is 6.07. The molecule has 1 atom stereocenters. The molecular formula is C17H29N3O. The van der Waals surface area contributed by atoms with Crippen molar-refractivity contribution < 1.29 is 4.74 Å². The van der Waals surface area contributed by atoms with E-state index in [1.807, 2.05) is 0 Å². The third-order valence-corrected chi connectivity index (χ3v) is 4.33. The van der Waals surface area contributed by atoms with E-state index in [9.17, 15) is 0 Å². The average Bonchev–Trinajstić information content (AvgIpc) is 2.49. The largest absolute Gasteiger partial charge is 0.496 e. The number of benzene rings is 1. The number of rotatable bonds is 6. The molecule has 1 aromatic carbocycles. The van der Waals surface area contributed by atoms with Crippen molar-refractivity contribution in [2.24, 2.45) is 0 Å². The number of nitrogens with zero attached hydrogens (tertiary/aromatic N) is 2. The Labute approximate surface area is 129 Å². The summed E-state index contributed by atoms with van der Waals surface area (Å²) in [4.78, 5) is 4.93. The highest BCUT2D eigenvalue weighted by Crippen LogP contribution is 2.25. The van der Waals surface area contributed by atoms with Crippen LogP contribution in [0.15, 0.2) is 18.2 Å². The molecule has 1 fully saturated rings. The predicted molar refractivity (Wildman–Crippen MR) is 88.1 cm³/mol. The zero-order valence-electron chi connectivity index (χ0n) is 13.9. The Morgan fingerprint density at radius 1 is 1.24 bits per heavy atom. The Hall–Kier alpha value is -1.10. The standard InChI is InChI=1S/C17H29N3O/c1-14-5-6-16(17(13-14)21-4)15(2)18-7-8-20-11-9-19(3)10-12-20/h5-6,13,15,18H,7-12H2,1-4H3. The highest BCUT2D eigenvalue weighted by atomic mass is 16.5. The summed E-state index contributed by atoms with van der Waals surface area (Å²) in [5.41, 5.74) is 2.47. The molecule has 2 rings (SSSR count). The fraction of sp³-hybridized carbons (Fsp3) is 0.647. The molecule has 1 saturated heterocycles. The zero-order valence-corrected chi connectivity index (χ0v) is 13.9. The second-order valence-corrected chi connectivity index (χ2v) is 6.07. The Morgan fingerprint density at radius 2 is 1.95 bits per heavy atom. The first kappa shape index (κ1) is 16.3. The number of piperazine rings is 1. The van der Waals surface area contributed by atoms with Gasteiger partial charge in [0.25, 0.3) is 0 Å². The lowest BCUT2D eigenvalue weighted by molar-refractivity contribution is 0.154. The fourth-order valence-corrected chi connectivity index (χ4v) is 2.80. The van der Waals surface area contributed by atoms with Gasteiger partial charge in [0.05, 0.1) is 7.11 Å². The van der Waals surface area contributed by atoms with Crippen LogP contribution in [0.3, 0.4) is 0 Å². The first-order chi connectivity index (χ1) is 10.1. The molecular weight excluding hydrogens is 262 g/mol. The molecule has 4 heteroatoms. The maximum atomic E-state index is 5.50. The summed E-state index contributed by atoms with van der Waals surface area (Å²) < 4.78 is 5.50. The molecule has 1 aliphatic heterocycles. The van der Waals surface area contributed by atoms with Crippen LogP contribution in [0.25, 0.3) is 0 Å². The van der Waals surface area contributed by atoms with Gasteiger partial charge in [-0.15, -0.1) is 0 Å². The SMILES string of the molecule is COc1cc(C)ccc1C(C)NCCN1CCN(C)CC1. The van der Waals surface area contributed by atoms with Gasteiger partial charge in [-0.2, -0.15) is 0 Å². The molecule has 21 heavy (non-hydrogen) atoms. The lowest BCUT2D eigenvalue weighted by Gasteiger charge is -2.32. The summed E-state index contributed by atoms with van der Waals surface area (Å²) in [7, 11) is 3.94. The molecule has 118 valence electrons. The number of ether oxygens (including phenoxy) is 1. The number of nitrogens with one attached hydrogen (secondary N) is 1. The van der Waals surface area contributed by atoms with Gasteiger partial charge in [0.2, 0.25) is 0 Å². The minimum atomic E-state index is 0.313. The van der Waals surface area contributed by atoms with Crippen LogP contribution in [0.4, 0.5) is 0 Å². The van der Waals surface area contributed by atoms with E-state index in [1.165, 1.54) is 37.3 Å². The van der Waals surface area contributed by atoms with Gasteiger partial charge >= 0.3 is 0 Å². The predicted octanol–water partition coefficient (Wildman–Crippen LogP) is 1.90. The minimum Gasteiger partial charge on any atom is -0.496 e. The summed E-state index contributed by atoms with van der Waals surface area (Å²) in [6, 6.07) is 6.74. The fourth-order valence-electron chi connectivity index (χ4n) is 2.80. The molecule has 4 nitrogen and oxygen atoms in total. The summed E-state index contributed by atoms with van der Waals surface area (Å²) in [6.45, 7) is 11.2. The van der Waals surface area contributed by atoms with Gasteiger partial charge in [-0.05, 0) is 32.5 Å². The molecule has 1 heterocycles. The molecule has 0 radical (unpaired) electrons. The van der Waals surface area contributed by atoms with Crippen molar-refractivity contribution in [3.05, 3.63) is 29.3 Å². The van der Waals surface area contributed by atoms with Crippen molar-refractivity contribution in [2.75, 3.05) is 53.4 Å². The third-order valence-electron chi connectivity index (χ3n) is 4.33. The van der Waals surface area contributed by atoms with Gasteiger partial charge in [-0.1, -0.05) is 12.1 Å². The second kappa shape index (κ2) is 7.78. The highest BCUT2D eigenvalue weighted by molar-refractivity contribution is 5.39. The Morgan fingerprint density at radius 3 is 2.62 bits per heavy atom.